The van der Waals surface area contributed by atoms with Gasteiger partial charge in [0.25, 0.3) is 0 Å². The Morgan fingerprint density at radius 2 is 0.853 bits per heavy atom. The van der Waals surface area contributed by atoms with Crippen LogP contribution in [0.25, 0.3) is 11.4 Å². The van der Waals surface area contributed by atoms with E-state index in [-0.39, 0.29) is 11.8 Å². The van der Waals surface area contributed by atoms with Crippen molar-refractivity contribution in [3.05, 3.63) is 201 Å². The molecule has 0 spiro atoms. The van der Waals surface area contributed by atoms with Gasteiger partial charge in [0.15, 0.2) is 40.4 Å². The van der Waals surface area contributed by atoms with E-state index < -0.39 is 6.61 Å². The van der Waals surface area contributed by atoms with Gasteiger partial charge in [-0.3, -0.25) is 4.79 Å². The molecular formula is C54H54N6O8. The van der Waals surface area contributed by atoms with Crippen molar-refractivity contribution in [1.82, 2.24) is 29.5 Å². The van der Waals surface area contributed by atoms with Gasteiger partial charge < -0.3 is 28.8 Å². The van der Waals surface area contributed by atoms with Crippen molar-refractivity contribution in [2.75, 3.05) is 42.2 Å². The van der Waals surface area contributed by atoms with Crippen LogP contribution in [-0.2, 0) is 30.4 Å². The molecule has 0 aliphatic carbocycles. The zero-order chi connectivity index (χ0) is 48.2. The van der Waals surface area contributed by atoms with Gasteiger partial charge in [-0.15, -0.1) is 0 Å². The Morgan fingerprint density at radius 3 is 1.22 bits per heavy atom. The molecular weight excluding hydrogens is 861 g/mol. The number of carbonyl (C=O) groups excluding carboxylic acids is 2. The number of Topliss-reactive ketones (excluding diaryl/α,β-unsaturated/α-hetero) is 1. The highest BCUT2D eigenvalue weighted by atomic mass is 16.5. The molecule has 2 heterocycles. The van der Waals surface area contributed by atoms with Crippen LogP contribution in [0, 0.1) is 13.8 Å². The van der Waals surface area contributed by atoms with E-state index in [0.29, 0.717) is 71.5 Å². The molecule has 0 radical (unpaired) electrons. The van der Waals surface area contributed by atoms with Crippen LogP contribution in [-0.4, -0.2) is 88.5 Å². The standard InChI is InChI=1S/2C27H27N3O4/c1-18-5-12-22(13-6-18)30-26(17-19-7-10-21(11-8-19)27(31)34-4)28-25(29-30)16-20-9-14-23(32-2)24(15-20)33-3;1-18-4-11-22(12-5-18)30-27(16-19-6-9-21(10-7-19)23(32)17-31)28-26(29-30)15-20-8-13-24(33-2)25(14-20)34-3/h5-15H,16-17H2,1-4H3;4-14,31H,15-17H2,1-3H3. The van der Waals surface area contributed by atoms with Crippen LogP contribution < -0.4 is 18.9 Å². The minimum absolute atomic E-state index is 0.299. The van der Waals surface area contributed by atoms with Crippen LogP contribution >= 0.6 is 0 Å². The van der Waals surface area contributed by atoms with E-state index in [1.807, 2.05) is 113 Å². The van der Waals surface area contributed by atoms with Crippen molar-refractivity contribution in [1.29, 1.82) is 0 Å². The van der Waals surface area contributed by atoms with Crippen LogP contribution in [0.3, 0.4) is 0 Å². The number of nitrogens with zero attached hydrogens (tertiary/aromatic N) is 6. The number of ketones is 1. The third-order valence-corrected chi connectivity index (χ3v) is 11.1. The van der Waals surface area contributed by atoms with E-state index in [4.69, 9.17) is 49.0 Å². The minimum atomic E-state index is -0.499. The number of hydrogen-bond acceptors (Lipinski definition) is 12. The molecule has 6 aromatic carbocycles. The first-order chi connectivity index (χ1) is 33.0. The van der Waals surface area contributed by atoms with E-state index in [1.165, 1.54) is 18.2 Å². The molecule has 68 heavy (non-hydrogen) atoms. The van der Waals surface area contributed by atoms with Gasteiger partial charge in [-0.2, -0.15) is 10.2 Å². The first-order valence-electron chi connectivity index (χ1n) is 21.9. The normalized spacial score (nSPS) is 10.8. The predicted molar refractivity (Wildman–Crippen MR) is 258 cm³/mol. The van der Waals surface area contributed by atoms with Gasteiger partial charge in [-0.1, -0.05) is 83.9 Å². The molecule has 0 aliphatic rings. The number of aryl methyl sites for hydroxylation is 2. The van der Waals surface area contributed by atoms with Crippen molar-refractivity contribution in [3.63, 3.8) is 0 Å². The SMILES string of the molecule is COC(=O)c1ccc(Cc2nc(Cc3ccc(OC)c(OC)c3)nn2-c2ccc(C)cc2)cc1.COc1ccc(Cc2nc(Cc3ccc(C(=O)CO)cc3)n(-c3ccc(C)cc3)n2)cc1OC. The van der Waals surface area contributed by atoms with Crippen molar-refractivity contribution in [2.45, 2.75) is 39.5 Å². The van der Waals surface area contributed by atoms with E-state index in [1.54, 1.807) is 52.7 Å². The summed E-state index contributed by atoms with van der Waals surface area (Å²) in [6.07, 6.45) is 2.19. The van der Waals surface area contributed by atoms with Crippen LogP contribution in [0.4, 0.5) is 0 Å². The molecule has 14 nitrogen and oxygen atoms in total. The quantitative estimate of drug-likeness (QED) is 0.0686. The molecule has 0 atom stereocenters. The second-order valence-corrected chi connectivity index (χ2v) is 15.9. The van der Waals surface area contributed by atoms with Crippen LogP contribution in [0.15, 0.2) is 133 Å². The van der Waals surface area contributed by atoms with E-state index in [0.717, 1.165) is 45.3 Å². The van der Waals surface area contributed by atoms with Gasteiger partial charge in [0, 0.05) is 31.2 Å². The highest BCUT2D eigenvalue weighted by Gasteiger charge is 2.17. The van der Waals surface area contributed by atoms with E-state index >= 15 is 0 Å². The number of hydrogen-bond donors (Lipinski definition) is 1. The third kappa shape index (κ3) is 11.8. The lowest BCUT2D eigenvalue weighted by atomic mass is 10.1. The van der Waals surface area contributed by atoms with Gasteiger partial charge in [0.1, 0.15) is 18.3 Å². The first-order valence-corrected chi connectivity index (χ1v) is 21.9. The molecule has 0 amide bonds. The van der Waals surface area contributed by atoms with Gasteiger partial charge in [-0.25, -0.2) is 24.1 Å². The maximum atomic E-state index is 11.7. The van der Waals surface area contributed by atoms with E-state index in [2.05, 4.69) is 19.1 Å². The van der Waals surface area contributed by atoms with Crippen molar-refractivity contribution in [2.24, 2.45) is 0 Å². The van der Waals surface area contributed by atoms with Crippen LogP contribution in [0.5, 0.6) is 23.0 Å². The Hall–Kier alpha value is -8.10. The Morgan fingerprint density at radius 1 is 0.471 bits per heavy atom. The van der Waals surface area contributed by atoms with Crippen molar-refractivity contribution < 1.29 is 38.4 Å². The molecule has 0 unspecified atom stereocenters. The summed E-state index contributed by atoms with van der Waals surface area (Å²) in [5.74, 6) is 5.03. The Balaban J connectivity index is 0.000000201. The fraction of sp³-hybridized carbons (Fsp3) is 0.222. The number of esters is 1. The molecule has 14 heteroatoms. The number of aliphatic hydroxyl groups excluding tert-OH is 1. The molecule has 8 aromatic rings. The largest absolute Gasteiger partial charge is 0.493 e. The number of benzene rings is 6. The lowest BCUT2D eigenvalue weighted by Gasteiger charge is -2.08. The molecule has 1 N–H and O–H groups in total. The second kappa shape index (κ2) is 22.4. The maximum absolute atomic E-state index is 11.7. The molecule has 0 aliphatic heterocycles. The number of aromatic nitrogens is 6. The summed E-state index contributed by atoms with van der Waals surface area (Å²) < 4.78 is 30.1. The van der Waals surface area contributed by atoms with Gasteiger partial charge in [0.2, 0.25) is 0 Å². The topological polar surface area (TPSA) is 162 Å². The summed E-state index contributed by atoms with van der Waals surface area (Å²) in [6.45, 7) is 3.60. The fourth-order valence-electron chi connectivity index (χ4n) is 7.44. The first kappa shape index (κ1) is 47.9. The molecule has 8 rings (SSSR count). The minimum Gasteiger partial charge on any atom is -0.493 e. The zero-order valence-corrected chi connectivity index (χ0v) is 39.2. The number of rotatable bonds is 17. The monoisotopic (exact) mass is 914 g/mol. The number of ether oxygens (including phenoxy) is 5. The maximum Gasteiger partial charge on any atom is 0.337 e. The number of methoxy groups -OCH3 is 5. The van der Waals surface area contributed by atoms with Crippen LogP contribution in [0.2, 0.25) is 0 Å². The Bertz CT molecular complexity index is 2760. The lowest BCUT2D eigenvalue weighted by Crippen LogP contribution is -2.06. The average Bonchev–Trinajstić information content (AvgIpc) is 3.96. The molecule has 2 aromatic heterocycles. The smallest absolute Gasteiger partial charge is 0.337 e. The molecule has 0 saturated carbocycles. The number of carbonyl (C=O) groups is 2. The fourth-order valence-corrected chi connectivity index (χ4v) is 7.44. The lowest BCUT2D eigenvalue weighted by molar-refractivity contribution is 0.0600. The average molecular weight is 915 g/mol. The summed E-state index contributed by atoms with van der Waals surface area (Å²) in [6, 6.07) is 42.5. The Labute approximate surface area is 395 Å². The summed E-state index contributed by atoms with van der Waals surface area (Å²) >= 11 is 0. The summed E-state index contributed by atoms with van der Waals surface area (Å²) in [4.78, 5) is 33.2. The summed E-state index contributed by atoms with van der Waals surface area (Å²) in [5.41, 5.74) is 9.26. The number of aliphatic hydroxyl groups is 1. The van der Waals surface area contributed by atoms with Crippen molar-refractivity contribution >= 4 is 11.8 Å². The van der Waals surface area contributed by atoms with Gasteiger partial charge in [-0.05, 0) is 96.8 Å². The molecule has 0 saturated heterocycles. The summed E-state index contributed by atoms with van der Waals surface area (Å²) in [7, 11) is 7.84. The van der Waals surface area contributed by atoms with Crippen LogP contribution in [0.1, 0.15) is 77.4 Å². The zero-order valence-electron chi connectivity index (χ0n) is 39.2. The molecule has 0 fully saturated rings. The summed E-state index contributed by atoms with van der Waals surface area (Å²) in [5, 5.41) is 18.7. The molecule has 0 bridgehead atoms. The predicted octanol–water partition coefficient (Wildman–Crippen LogP) is 8.51. The third-order valence-electron chi connectivity index (χ3n) is 11.1. The highest BCUT2D eigenvalue weighted by Crippen LogP contribution is 2.30. The van der Waals surface area contributed by atoms with Gasteiger partial charge >= 0.3 is 5.97 Å². The van der Waals surface area contributed by atoms with Gasteiger partial charge in [0.05, 0.1) is 52.5 Å². The highest BCUT2D eigenvalue weighted by molar-refractivity contribution is 5.96. The van der Waals surface area contributed by atoms with E-state index in [9.17, 15) is 9.59 Å². The van der Waals surface area contributed by atoms with Crippen molar-refractivity contribution in [3.8, 4) is 34.4 Å². The second-order valence-electron chi connectivity index (χ2n) is 15.9. The molecule has 348 valence electrons. The Kier molecular flexibility index (Phi) is 15.8.